The molecule has 2 aromatic heterocycles. The predicted molar refractivity (Wildman–Crippen MR) is 113 cm³/mol. The maximum atomic E-state index is 12.7. The van der Waals surface area contributed by atoms with Crippen LogP contribution in [0.1, 0.15) is 20.3 Å². The first-order valence-electron chi connectivity index (χ1n) is 8.93. The van der Waals surface area contributed by atoms with Gasteiger partial charge in [0.1, 0.15) is 0 Å². The molecule has 1 aliphatic rings. The van der Waals surface area contributed by atoms with Gasteiger partial charge in [-0.3, -0.25) is 0 Å². The summed E-state index contributed by atoms with van der Waals surface area (Å²) in [6.07, 6.45) is 2.89. The molecule has 7 heteroatoms. The minimum Gasteiger partial charge on any atom is -0.365 e. The number of carbonyl (C=O) groups excluding carboxylic acids is 1. The van der Waals surface area contributed by atoms with Crippen LogP contribution in [0, 0.1) is 6.92 Å². The summed E-state index contributed by atoms with van der Waals surface area (Å²) < 4.78 is 0. The number of thiazole rings is 1. The molecule has 1 aromatic carbocycles. The molecule has 0 atom stereocenters. The fourth-order valence-corrected chi connectivity index (χ4v) is 5.04. The molecule has 0 bridgehead atoms. The summed E-state index contributed by atoms with van der Waals surface area (Å²) in [6, 6.07) is 10.1. The Kier molecular flexibility index (Phi) is 5.13. The lowest BCUT2D eigenvalue weighted by atomic mass is 10.1. The summed E-state index contributed by atoms with van der Waals surface area (Å²) in [5, 5.41) is 6.27. The molecule has 3 aromatic rings. The Hall–Kier alpha value is -2.38. The Morgan fingerprint density at radius 1 is 1.33 bits per heavy atom. The normalized spacial score (nSPS) is 13.3. The van der Waals surface area contributed by atoms with E-state index in [2.05, 4.69) is 32.7 Å². The molecule has 4 rings (SSSR count). The van der Waals surface area contributed by atoms with Crippen LogP contribution >= 0.6 is 22.7 Å². The lowest BCUT2D eigenvalue weighted by molar-refractivity contribution is 0.221. The Bertz CT molecular complexity index is 949. The molecule has 1 N–H and O–H groups in total. The van der Waals surface area contributed by atoms with Crippen molar-refractivity contribution in [3.63, 3.8) is 0 Å². The number of aromatic nitrogens is 1. The minimum absolute atomic E-state index is 0.110. The van der Waals surface area contributed by atoms with Crippen LogP contribution in [0.3, 0.4) is 0 Å². The summed E-state index contributed by atoms with van der Waals surface area (Å²) >= 11 is 3.46. The largest absolute Gasteiger partial charge is 0.365 e. The van der Waals surface area contributed by atoms with Crippen molar-refractivity contribution in [1.82, 2.24) is 9.88 Å². The molecule has 2 amide bonds. The van der Waals surface area contributed by atoms with Crippen LogP contribution in [0.4, 0.5) is 16.2 Å². The quantitative estimate of drug-likeness (QED) is 0.691. The number of aryl methyl sites for hydroxylation is 1. The predicted octanol–water partition coefficient (Wildman–Crippen LogP) is 4.74. The summed E-state index contributed by atoms with van der Waals surface area (Å²) in [5.41, 5.74) is 3.32. The van der Waals surface area contributed by atoms with E-state index in [4.69, 9.17) is 0 Å². The van der Waals surface area contributed by atoms with Crippen molar-refractivity contribution in [2.75, 3.05) is 23.8 Å². The highest BCUT2D eigenvalue weighted by molar-refractivity contribution is 7.11. The number of nitrogens with one attached hydrogen (secondary N) is 1. The number of anilines is 2. The molecule has 0 spiro atoms. The van der Waals surface area contributed by atoms with E-state index in [1.165, 1.54) is 10.4 Å². The highest BCUT2D eigenvalue weighted by Gasteiger charge is 2.20. The maximum Gasteiger partial charge on any atom is 0.321 e. The summed E-state index contributed by atoms with van der Waals surface area (Å²) in [4.78, 5) is 23.6. The molecule has 1 aliphatic heterocycles. The second kappa shape index (κ2) is 7.70. The zero-order valence-electron chi connectivity index (χ0n) is 15.4. The fourth-order valence-electron chi connectivity index (χ4n) is 3.30. The standard InChI is InChI=1S/C20H22N4OS2/c1-14-21-11-16(27-14)13-23(2)20(25)22-17-5-3-4-6-18(17)24-9-7-19-15(12-24)8-10-26-19/h3-6,8,10-11H,7,9,12-13H2,1-2H3,(H,22,25). The van der Waals surface area contributed by atoms with Crippen LogP contribution in [-0.2, 0) is 19.5 Å². The Balaban J connectivity index is 1.47. The van der Waals surface area contributed by atoms with E-state index in [1.54, 1.807) is 16.2 Å². The SMILES string of the molecule is Cc1ncc(CN(C)C(=O)Nc2ccccc2N2CCc3sccc3C2)s1. The molecule has 0 radical (unpaired) electrons. The number of amides is 2. The van der Waals surface area contributed by atoms with Gasteiger partial charge in [0.2, 0.25) is 0 Å². The molecule has 5 nitrogen and oxygen atoms in total. The van der Waals surface area contributed by atoms with Crippen LogP contribution in [0.25, 0.3) is 0 Å². The van der Waals surface area contributed by atoms with E-state index in [-0.39, 0.29) is 6.03 Å². The first-order chi connectivity index (χ1) is 13.1. The number of benzene rings is 1. The zero-order chi connectivity index (χ0) is 18.8. The van der Waals surface area contributed by atoms with Crippen LogP contribution in [-0.4, -0.2) is 29.5 Å². The molecule has 0 saturated heterocycles. The maximum absolute atomic E-state index is 12.7. The molecular formula is C20H22N4OS2. The third-order valence-corrected chi connectivity index (χ3v) is 6.62. The van der Waals surface area contributed by atoms with Crippen molar-refractivity contribution in [1.29, 1.82) is 0 Å². The molecule has 0 aliphatic carbocycles. The van der Waals surface area contributed by atoms with E-state index in [1.807, 2.05) is 49.7 Å². The zero-order valence-corrected chi connectivity index (χ0v) is 17.1. The number of nitrogens with zero attached hydrogens (tertiary/aromatic N) is 3. The van der Waals surface area contributed by atoms with Gasteiger partial charge in [0.25, 0.3) is 0 Å². The van der Waals surface area contributed by atoms with Crippen LogP contribution < -0.4 is 10.2 Å². The van der Waals surface area contributed by atoms with Gasteiger partial charge in [-0.15, -0.1) is 22.7 Å². The summed E-state index contributed by atoms with van der Waals surface area (Å²) in [7, 11) is 1.81. The Labute approximate surface area is 167 Å². The van der Waals surface area contributed by atoms with Gasteiger partial charge >= 0.3 is 6.03 Å². The number of carbonyl (C=O) groups is 1. The molecular weight excluding hydrogens is 376 g/mol. The van der Waals surface area contributed by atoms with Crippen LogP contribution in [0.5, 0.6) is 0 Å². The van der Waals surface area contributed by atoms with Crippen molar-refractivity contribution in [2.24, 2.45) is 0 Å². The number of rotatable bonds is 4. The second-order valence-electron chi connectivity index (χ2n) is 6.69. The van der Waals surface area contributed by atoms with Gasteiger partial charge in [0.15, 0.2) is 0 Å². The second-order valence-corrected chi connectivity index (χ2v) is 9.01. The van der Waals surface area contributed by atoms with Gasteiger partial charge in [-0.05, 0) is 42.5 Å². The lowest BCUT2D eigenvalue weighted by Crippen LogP contribution is -2.33. The summed E-state index contributed by atoms with van der Waals surface area (Å²) in [6.45, 7) is 4.39. The number of urea groups is 1. The molecule has 140 valence electrons. The topological polar surface area (TPSA) is 48.5 Å². The monoisotopic (exact) mass is 398 g/mol. The van der Waals surface area contributed by atoms with Crippen molar-refractivity contribution < 1.29 is 4.79 Å². The number of hydrogen-bond donors (Lipinski definition) is 1. The van der Waals surface area contributed by atoms with E-state index >= 15 is 0 Å². The average Bonchev–Trinajstić information content (AvgIpc) is 3.30. The minimum atomic E-state index is -0.110. The first-order valence-corrected chi connectivity index (χ1v) is 10.6. The molecule has 0 saturated carbocycles. The highest BCUT2D eigenvalue weighted by atomic mass is 32.1. The molecule has 0 unspecified atom stereocenters. The van der Waals surface area contributed by atoms with Crippen molar-refractivity contribution in [3.8, 4) is 0 Å². The Morgan fingerprint density at radius 3 is 3.00 bits per heavy atom. The highest BCUT2D eigenvalue weighted by Crippen LogP contribution is 2.32. The van der Waals surface area contributed by atoms with Crippen LogP contribution in [0.2, 0.25) is 0 Å². The third-order valence-electron chi connectivity index (χ3n) is 4.70. The van der Waals surface area contributed by atoms with E-state index in [0.29, 0.717) is 6.54 Å². The van der Waals surface area contributed by atoms with E-state index in [0.717, 1.165) is 40.8 Å². The lowest BCUT2D eigenvalue weighted by Gasteiger charge is -2.31. The number of hydrogen-bond acceptors (Lipinski definition) is 5. The van der Waals surface area contributed by atoms with Gasteiger partial charge in [-0.1, -0.05) is 12.1 Å². The van der Waals surface area contributed by atoms with Crippen molar-refractivity contribution in [2.45, 2.75) is 26.4 Å². The number of fused-ring (bicyclic) bond motifs is 1. The van der Waals surface area contributed by atoms with Gasteiger partial charge < -0.3 is 15.1 Å². The van der Waals surface area contributed by atoms with Gasteiger partial charge in [-0.2, -0.15) is 0 Å². The van der Waals surface area contributed by atoms with E-state index in [9.17, 15) is 4.79 Å². The third kappa shape index (κ3) is 3.99. The van der Waals surface area contributed by atoms with Gasteiger partial charge in [-0.25, -0.2) is 9.78 Å². The number of para-hydroxylation sites is 2. The fraction of sp³-hybridized carbons (Fsp3) is 0.300. The first kappa shape index (κ1) is 18.0. The average molecular weight is 399 g/mol. The van der Waals surface area contributed by atoms with Crippen LogP contribution in [0.15, 0.2) is 41.9 Å². The molecule has 3 heterocycles. The van der Waals surface area contributed by atoms with Crippen molar-refractivity contribution in [3.05, 3.63) is 62.2 Å². The smallest absolute Gasteiger partial charge is 0.321 e. The van der Waals surface area contributed by atoms with Gasteiger partial charge in [0, 0.05) is 36.1 Å². The molecule has 27 heavy (non-hydrogen) atoms. The van der Waals surface area contributed by atoms with E-state index < -0.39 is 0 Å². The van der Waals surface area contributed by atoms with Gasteiger partial charge in [0.05, 0.1) is 22.9 Å². The number of thiophene rings is 1. The molecule has 0 fully saturated rings. The van der Waals surface area contributed by atoms with Crippen molar-refractivity contribution >= 4 is 40.1 Å². The Morgan fingerprint density at radius 2 is 2.19 bits per heavy atom. The summed E-state index contributed by atoms with van der Waals surface area (Å²) in [5.74, 6) is 0.